The van der Waals surface area contributed by atoms with E-state index in [1.807, 2.05) is 0 Å². The van der Waals surface area contributed by atoms with Gasteiger partial charge in [-0.05, 0) is 36.3 Å². The molecule has 0 heterocycles. The molecule has 0 unspecified atom stereocenters. The van der Waals surface area contributed by atoms with Crippen molar-refractivity contribution in [1.82, 2.24) is 5.32 Å². The molecule has 0 aliphatic heterocycles. The van der Waals surface area contributed by atoms with E-state index in [2.05, 4.69) is 12.2 Å². The molecule has 5 heteroatoms. The van der Waals surface area contributed by atoms with Gasteiger partial charge in [0.15, 0.2) is 0 Å². The fourth-order valence-corrected chi connectivity index (χ4v) is 2.72. The number of halogens is 1. The van der Waals surface area contributed by atoms with Gasteiger partial charge in [-0.15, -0.1) is 0 Å². The summed E-state index contributed by atoms with van der Waals surface area (Å²) in [6.07, 6.45) is 5.11. The smallest absolute Gasteiger partial charge is 0.270 e. The molecule has 0 spiro atoms. The molecule has 0 bridgehead atoms. The van der Waals surface area contributed by atoms with Crippen LogP contribution in [0.3, 0.4) is 0 Å². The summed E-state index contributed by atoms with van der Waals surface area (Å²) in [4.78, 5) is 10.2. The van der Waals surface area contributed by atoms with E-state index >= 15 is 0 Å². The molecule has 4 nitrogen and oxygen atoms in total. The number of hydrogen-bond donors (Lipinski definition) is 1. The van der Waals surface area contributed by atoms with Gasteiger partial charge in [0, 0.05) is 25.2 Å². The Morgan fingerprint density at radius 1 is 1.47 bits per heavy atom. The number of hydrogen-bond acceptors (Lipinski definition) is 3. The van der Waals surface area contributed by atoms with Gasteiger partial charge >= 0.3 is 0 Å². The highest BCUT2D eigenvalue weighted by Gasteiger charge is 2.40. The number of nitrogens with zero attached hydrogens (tertiary/aromatic N) is 1. The summed E-state index contributed by atoms with van der Waals surface area (Å²) in [7, 11) is 0. The molecule has 1 aliphatic carbocycles. The van der Waals surface area contributed by atoms with Gasteiger partial charge in [-0.2, -0.15) is 0 Å². The Hall–Kier alpha value is -1.13. The molecule has 1 N–H and O–H groups in total. The van der Waals surface area contributed by atoms with Crippen LogP contribution in [0.25, 0.3) is 0 Å². The van der Waals surface area contributed by atoms with Crippen LogP contribution in [0.2, 0.25) is 5.02 Å². The molecule has 1 aromatic carbocycles. The average molecular weight is 283 g/mol. The van der Waals surface area contributed by atoms with Crippen LogP contribution in [-0.2, 0) is 6.54 Å². The molecule has 0 atom stereocenters. The van der Waals surface area contributed by atoms with Crippen molar-refractivity contribution in [3.05, 3.63) is 38.9 Å². The van der Waals surface area contributed by atoms with Crippen molar-refractivity contribution in [2.24, 2.45) is 5.41 Å². The predicted molar refractivity (Wildman–Crippen MR) is 76.4 cm³/mol. The van der Waals surface area contributed by atoms with Crippen LogP contribution in [-0.4, -0.2) is 11.5 Å². The highest BCUT2D eigenvalue weighted by atomic mass is 35.5. The molecule has 0 saturated heterocycles. The molecule has 0 radical (unpaired) electrons. The first-order valence-corrected chi connectivity index (χ1v) is 7.08. The quantitative estimate of drug-likeness (QED) is 0.609. The molecular formula is C14H19ClN2O2. The van der Waals surface area contributed by atoms with Gasteiger partial charge in [0.2, 0.25) is 0 Å². The fourth-order valence-electron chi connectivity index (χ4n) is 2.48. The van der Waals surface area contributed by atoms with Crippen molar-refractivity contribution >= 4 is 17.3 Å². The van der Waals surface area contributed by atoms with Crippen molar-refractivity contribution in [2.75, 3.05) is 6.54 Å². The molecule has 2 rings (SSSR count). The Balaban J connectivity index is 1.88. The highest BCUT2D eigenvalue weighted by Crippen LogP contribution is 2.48. The van der Waals surface area contributed by atoms with Crippen molar-refractivity contribution in [2.45, 2.75) is 39.2 Å². The van der Waals surface area contributed by atoms with Gasteiger partial charge in [0.1, 0.15) is 0 Å². The molecular weight excluding hydrogens is 264 g/mol. The van der Waals surface area contributed by atoms with Crippen molar-refractivity contribution < 1.29 is 4.92 Å². The molecule has 1 fully saturated rings. The summed E-state index contributed by atoms with van der Waals surface area (Å²) >= 11 is 6.06. The topological polar surface area (TPSA) is 55.2 Å². The number of nitro groups is 1. The average Bonchev–Trinajstić information content (AvgIpc) is 3.11. The van der Waals surface area contributed by atoms with Crippen molar-refractivity contribution in [3.8, 4) is 0 Å². The number of benzene rings is 1. The van der Waals surface area contributed by atoms with E-state index in [-0.39, 0.29) is 5.69 Å². The summed E-state index contributed by atoms with van der Waals surface area (Å²) in [5.41, 5.74) is 1.46. The predicted octanol–water partition coefficient (Wildman–Crippen LogP) is 3.92. The van der Waals surface area contributed by atoms with Crippen molar-refractivity contribution in [1.29, 1.82) is 0 Å². The van der Waals surface area contributed by atoms with Gasteiger partial charge in [-0.3, -0.25) is 10.1 Å². The number of nitro benzene ring substituents is 1. The van der Waals surface area contributed by atoms with Crippen LogP contribution in [0.4, 0.5) is 5.69 Å². The maximum absolute atomic E-state index is 10.6. The summed E-state index contributed by atoms with van der Waals surface area (Å²) in [6.45, 7) is 3.89. The number of non-ortho nitro benzene ring substituents is 1. The maximum Gasteiger partial charge on any atom is 0.270 e. The molecule has 104 valence electrons. The monoisotopic (exact) mass is 282 g/mol. The lowest BCUT2D eigenvalue weighted by atomic mass is 10.0. The Morgan fingerprint density at radius 3 is 2.74 bits per heavy atom. The van der Waals surface area contributed by atoms with E-state index < -0.39 is 4.92 Å². The lowest BCUT2D eigenvalue weighted by Crippen LogP contribution is -2.23. The van der Waals surface area contributed by atoms with Gasteiger partial charge in [-0.25, -0.2) is 0 Å². The summed E-state index contributed by atoms with van der Waals surface area (Å²) in [6, 6.07) is 4.65. The van der Waals surface area contributed by atoms with E-state index in [4.69, 9.17) is 11.6 Å². The molecule has 0 amide bonds. The molecule has 1 aromatic rings. The summed E-state index contributed by atoms with van der Waals surface area (Å²) < 4.78 is 0. The minimum atomic E-state index is -0.427. The fraction of sp³-hybridized carbons (Fsp3) is 0.571. The molecule has 1 saturated carbocycles. The van der Waals surface area contributed by atoms with Gasteiger partial charge in [-0.1, -0.05) is 24.9 Å². The third kappa shape index (κ3) is 3.67. The number of nitrogens with one attached hydrogen (secondary N) is 1. The zero-order chi connectivity index (χ0) is 13.9. The molecule has 19 heavy (non-hydrogen) atoms. The first-order valence-electron chi connectivity index (χ1n) is 6.70. The van der Waals surface area contributed by atoms with Crippen molar-refractivity contribution in [3.63, 3.8) is 0 Å². The third-order valence-electron chi connectivity index (χ3n) is 3.80. The van der Waals surface area contributed by atoms with E-state index in [1.54, 1.807) is 6.07 Å². The van der Waals surface area contributed by atoms with Crippen LogP contribution in [0.15, 0.2) is 18.2 Å². The van der Waals surface area contributed by atoms with Crippen LogP contribution in [0, 0.1) is 15.5 Å². The lowest BCUT2D eigenvalue weighted by molar-refractivity contribution is -0.384. The third-order valence-corrected chi connectivity index (χ3v) is 4.15. The molecule has 0 aromatic heterocycles. The zero-order valence-corrected chi connectivity index (χ0v) is 11.9. The Bertz CT molecular complexity index is 473. The van der Waals surface area contributed by atoms with Crippen LogP contribution in [0.1, 0.15) is 38.2 Å². The zero-order valence-electron chi connectivity index (χ0n) is 11.1. The van der Waals surface area contributed by atoms with Crippen LogP contribution in [0.5, 0.6) is 0 Å². The Kier molecular flexibility index (Phi) is 4.42. The van der Waals surface area contributed by atoms with E-state index in [0.29, 0.717) is 17.0 Å². The number of rotatable bonds is 7. The Morgan fingerprint density at radius 2 is 2.21 bits per heavy atom. The Labute approximate surface area is 118 Å². The minimum Gasteiger partial charge on any atom is -0.312 e. The van der Waals surface area contributed by atoms with E-state index in [9.17, 15) is 10.1 Å². The SMILES string of the molecule is CCCC1(CNCc2ccc([N+](=O)[O-])cc2Cl)CC1. The van der Waals surface area contributed by atoms with Crippen LogP contribution >= 0.6 is 11.6 Å². The van der Waals surface area contributed by atoms with E-state index in [0.717, 1.165) is 12.1 Å². The summed E-state index contributed by atoms with van der Waals surface area (Å²) in [5, 5.41) is 14.5. The minimum absolute atomic E-state index is 0.0402. The van der Waals surface area contributed by atoms with E-state index in [1.165, 1.54) is 37.8 Å². The standard InChI is InChI=1S/C14H19ClN2O2/c1-2-5-14(6-7-14)10-16-9-11-3-4-12(17(18)19)8-13(11)15/h3-4,8,16H,2,5-7,9-10H2,1H3. The van der Waals surface area contributed by atoms with Gasteiger partial charge in [0.25, 0.3) is 5.69 Å². The summed E-state index contributed by atoms with van der Waals surface area (Å²) in [5.74, 6) is 0. The second kappa shape index (κ2) is 5.88. The normalized spacial score (nSPS) is 16.3. The van der Waals surface area contributed by atoms with Gasteiger partial charge in [0.05, 0.1) is 9.95 Å². The largest absolute Gasteiger partial charge is 0.312 e. The second-order valence-electron chi connectivity index (χ2n) is 5.39. The lowest BCUT2D eigenvalue weighted by Gasteiger charge is -2.15. The first-order chi connectivity index (χ1) is 9.06. The van der Waals surface area contributed by atoms with Gasteiger partial charge < -0.3 is 5.32 Å². The first kappa shape index (κ1) is 14.3. The molecule has 1 aliphatic rings. The maximum atomic E-state index is 10.6. The van der Waals surface area contributed by atoms with Crippen LogP contribution < -0.4 is 5.32 Å². The highest BCUT2D eigenvalue weighted by molar-refractivity contribution is 6.31. The second-order valence-corrected chi connectivity index (χ2v) is 5.79.